The molecule has 2 atom stereocenters. The van der Waals surface area contributed by atoms with Gasteiger partial charge in [0, 0.05) is 81.7 Å². The van der Waals surface area contributed by atoms with E-state index in [4.69, 9.17) is 16.3 Å². The Kier molecular flexibility index (Phi) is 12.9. The molecule has 3 fully saturated rings. The summed E-state index contributed by atoms with van der Waals surface area (Å²) < 4.78 is 5.90. The summed E-state index contributed by atoms with van der Waals surface area (Å²) in [6.45, 7) is 5.50. The van der Waals surface area contributed by atoms with Crippen molar-refractivity contribution in [3.8, 4) is 11.5 Å². The van der Waals surface area contributed by atoms with Gasteiger partial charge in [0.15, 0.2) is 5.78 Å². The summed E-state index contributed by atoms with van der Waals surface area (Å²) in [6.07, 6.45) is 9.35. The van der Waals surface area contributed by atoms with Gasteiger partial charge in [0.25, 0.3) is 11.8 Å². The molecule has 0 saturated carbocycles. The molecular weight excluding hydrogens is 850 g/mol. The number of imide groups is 2. The highest BCUT2D eigenvalue weighted by atomic mass is 35.5. The molecule has 5 aromatic rings. The molecule has 3 N–H and O–H groups in total. The highest BCUT2D eigenvalue weighted by molar-refractivity contribution is 6.36. The van der Waals surface area contributed by atoms with Crippen molar-refractivity contribution in [1.82, 2.24) is 35.0 Å². The first kappa shape index (κ1) is 43.6. The predicted octanol–water partition coefficient (Wildman–Crippen LogP) is 6.21. The summed E-state index contributed by atoms with van der Waals surface area (Å²) in [7, 11) is 0. The van der Waals surface area contributed by atoms with Crippen LogP contribution in [-0.4, -0.2) is 123 Å². The van der Waals surface area contributed by atoms with Gasteiger partial charge in [-0.05, 0) is 81.1 Å². The molecule has 2 unspecified atom stereocenters. The van der Waals surface area contributed by atoms with Crippen molar-refractivity contribution in [1.29, 1.82) is 0 Å². The van der Waals surface area contributed by atoms with Crippen LogP contribution in [0.1, 0.15) is 94.4 Å². The van der Waals surface area contributed by atoms with Gasteiger partial charge in [0.2, 0.25) is 17.7 Å². The Morgan fingerprint density at radius 3 is 2.42 bits per heavy atom. The maximum absolute atomic E-state index is 13.9. The van der Waals surface area contributed by atoms with Crippen molar-refractivity contribution >= 4 is 69.5 Å². The summed E-state index contributed by atoms with van der Waals surface area (Å²) in [5.74, 6) is -0.443. The van der Waals surface area contributed by atoms with E-state index >= 15 is 0 Å². The first-order chi connectivity index (χ1) is 31.6. The SMILES string of the molecule is O=C1CCC(N2C(=O)c3ccc(N4CCN(CCCCCCC(=O)N5CCCC(Nc6ncnc7[nH]cc(C(=O)c8ccc(Oc9ccccc9)cc8Cl)c67)C5)CC4)cc3C2=O)C(=O)N1. The van der Waals surface area contributed by atoms with Crippen LogP contribution in [0.2, 0.25) is 5.02 Å². The molecule has 9 rings (SSSR count). The van der Waals surface area contributed by atoms with Crippen LogP contribution in [0, 0.1) is 0 Å². The lowest BCUT2D eigenvalue weighted by molar-refractivity contribution is -0.136. The van der Waals surface area contributed by atoms with Gasteiger partial charge in [0.05, 0.1) is 27.1 Å². The number of hydrogen-bond acceptors (Lipinski definition) is 12. The second-order valence-electron chi connectivity index (χ2n) is 17.0. The number of rotatable bonds is 15. The standard InChI is InChI=1S/C48H50ClN9O7/c49-38-26-33(65-32-10-4-3-5-11-32)14-16-35(38)43(61)37-27-50-44-42(37)45(52-29-51-44)53-30-9-8-20-57(28-30)41(60)12-6-1-2-7-19-55-21-23-56(24-22-55)31-13-15-34-36(25-31)48(64)58(47(34)63)39-17-18-40(59)54-46(39)62/h3-5,10-11,13-16,25-27,29-30,39H,1-2,6-9,12,17-24,28H2,(H,54,59,62)(H2,50,51,52,53). The van der Waals surface area contributed by atoms with E-state index in [1.54, 1.807) is 36.5 Å². The topological polar surface area (TPSA) is 190 Å². The molecule has 4 aliphatic rings. The molecule has 0 spiro atoms. The third kappa shape index (κ3) is 9.45. The Balaban J connectivity index is 0.705. The van der Waals surface area contributed by atoms with E-state index < -0.39 is 29.7 Å². The zero-order chi connectivity index (χ0) is 45.0. The lowest BCUT2D eigenvalue weighted by Gasteiger charge is -2.36. The fraction of sp³-hybridized carbons (Fsp3) is 0.375. The number of unbranched alkanes of at least 4 members (excludes halogenated alkanes) is 3. The van der Waals surface area contributed by atoms with Crippen LogP contribution in [0.3, 0.4) is 0 Å². The van der Waals surface area contributed by atoms with Crippen molar-refractivity contribution in [3.05, 3.63) is 107 Å². The summed E-state index contributed by atoms with van der Waals surface area (Å²) in [4.78, 5) is 97.3. The number of ketones is 1. The molecule has 17 heteroatoms. The number of nitrogens with zero attached hydrogens (tertiary/aromatic N) is 6. The first-order valence-corrected chi connectivity index (χ1v) is 22.8. The number of H-pyrrole nitrogens is 1. The average molecular weight is 900 g/mol. The van der Waals surface area contributed by atoms with Gasteiger partial charge >= 0.3 is 0 Å². The number of anilines is 2. The molecule has 65 heavy (non-hydrogen) atoms. The predicted molar refractivity (Wildman–Crippen MR) is 243 cm³/mol. The van der Waals surface area contributed by atoms with E-state index in [9.17, 15) is 28.8 Å². The zero-order valence-corrected chi connectivity index (χ0v) is 36.6. The average Bonchev–Trinajstić information content (AvgIpc) is 3.86. The van der Waals surface area contributed by atoms with Gasteiger partial charge < -0.3 is 24.8 Å². The lowest BCUT2D eigenvalue weighted by Crippen LogP contribution is -2.54. The van der Waals surface area contributed by atoms with Gasteiger partial charge in [-0.25, -0.2) is 9.97 Å². The number of halogens is 1. The summed E-state index contributed by atoms with van der Waals surface area (Å²) in [5.41, 5.74) is 2.68. The van der Waals surface area contributed by atoms with E-state index in [1.807, 2.05) is 41.3 Å². The quantitative estimate of drug-likeness (QED) is 0.0613. The highest BCUT2D eigenvalue weighted by Gasteiger charge is 2.45. The molecule has 5 amide bonds. The Labute approximate surface area is 380 Å². The Morgan fingerprint density at radius 2 is 1.62 bits per heavy atom. The number of para-hydroxylation sites is 1. The van der Waals surface area contributed by atoms with Crippen molar-refractivity contribution < 1.29 is 33.5 Å². The van der Waals surface area contributed by atoms with Crippen molar-refractivity contribution in [2.24, 2.45) is 0 Å². The van der Waals surface area contributed by atoms with E-state index in [1.165, 1.54) is 6.33 Å². The van der Waals surface area contributed by atoms with Crippen LogP contribution >= 0.6 is 11.6 Å². The van der Waals surface area contributed by atoms with Crippen LogP contribution in [0.15, 0.2) is 79.3 Å². The molecule has 0 aliphatic carbocycles. The number of fused-ring (bicyclic) bond motifs is 2. The number of carbonyl (C=O) groups is 6. The minimum atomic E-state index is -0.984. The molecule has 16 nitrogen and oxygen atoms in total. The van der Waals surface area contributed by atoms with Crippen LogP contribution in [0.25, 0.3) is 11.0 Å². The number of benzene rings is 3. The van der Waals surface area contributed by atoms with Crippen LogP contribution in [-0.2, 0) is 14.4 Å². The van der Waals surface area contributed by atoms with Crippen molar-refractivity contribution in [2.45, 2.75) is 69.9 Å². The molecule has 2 aromatic heterocycles. The normalized spacial score (nSPS) is 19.1. The molecule has 3 aromatic carbocycles. The van der Waals surface area contributed by atoms with Crippen molar-refractivity contribution in [3.63, 3.8) is 0 Å². The summed E-state index contributed by atoms with van der Waals surface area (Å²) >= 11 is 6.63. The van der Waals surface area contributed by atoms with E-state index in [0.717, 1.165) is 81.8 Å². The Hall–Kier alpha value is -6.65. The number of hydrogen-bond donors (Lipinski definition) is 3. The maximum Gasteiger partial charge on any atom is 0.262 e. The number of piperidine rings is 2. The first-order valence-electron chi connectivity index (χ1n) is 22.4. The number of aromatic amines is 1. The molecule has 0 bridgehead atoms. The molecule has 336 valence electrons. The van der Waals surface area contributed by atoms with Gasteiger partial charge in [-0.2, -0.15) is 0 Å². The fourth-order valence-electron chi connectivity index (χ4n) is 9.29. The maximum atomic E-state index is 13.9. The van der Waals surface area contributed by atoms with E-state index in [-0.39, 0.29) is 41.2 Å². The second kappa shape index (κ2) is 19.2. The van der Waals surface area contributed by atoms with Crippen LogP contribution < -0.4 is 20.3 Å². The van der Waals surface area contributed by atoms with E-state index in [2.05, 4.69) is 35.4 Å². The Bertz CT molecular complexity index is 2650. The van der Waals surface area contributed by atoms with Crippen molar-refractivity contribution in [2.75, 3.05) is 56.0 Å². The largest absolute Gasteiger partial charge is 0.457 e. The van der Waals surface area contributed by atoms with E-state index in [0.29, 0.717) is 64.6 Å². The number of likely N-dealkylation sites (tertiary alicyclic amines) is 1. The monoisotopic (exact) mass is 899 g/mol. The van der Waals surface area contributed by atoms with Crippen LogP contribution in [0.4, 0.5) is 11.5 Å². The van der Waals surface area contributed by atoms with Gasteiger partial charge in [-0.15, -0.1) is 0 Å². The van der Waals surface area contributed by atoms with Gasteiger partial charge in [-0.3, -0.25) is 43.9 Å². The number of aromatic nitrogens is 3. The zero-order valence-electron chi connectivity index (χ0n) is 35.9. The highest BCUT2D eigenvalue weighted by Crippen LogP contribution is 2.33. The van der Waals surface area contributed by atoms with Gasteiger partial charge in [-0.1, -0.05) is 42.6 Å². The summed E-state index contributed by atoms with van der Waals surface area (Å²) in [5, 5.41) is 6.59. The number of nitrogens with one attached hydrogen (secondary N) is 3. The number of piperazine rings is 1. The molecule has 0 radical (unpaired) electrons. The minimum Gasteiger partial charge on any atom is -0.457 e. The molecular formula is C48H50ClN9O7. The molecule has 3 saturated heterocycles. The number of carbonyl (C=O) groups excluding carboxylic acids is 6. The van der Waals surface area contributed by atoms with Crippen LogP contribution in [0.5, 0.6) is 11.5 Å². The third-order valence-electron chi connectivity index (χ3n) is 12.8. The van der Waals surface area contributed by atoms with Gasteiger partial charge in [0.1, 0.15) is 35.3 Å². The lowest BCUT2D eigenvalue weighted by atomic mass is 10.0. The molecule has 6 heterocycles. The summed E-state index contributed by atoms with van der Waals surface area (Å²) in [6, 6.07) is 18.6. The fourth-order valence-corrected chi connectivity index (χ4v) is 9.54. The third-order valence-corrected chi connectivity index (χ3v) is 13.1. The smallest absolute Gasteiger partial charge is 0.262 e. The number of ether oxygens (including phenoxy) is 1. The molecule has 4 aliphatic heterocycles. The second-order valence-corrected chi connectivity index (χ2v) is 17.4. The Morgan fingerprint density at radius 1 is 0.815 bits per heavy atom. The number of amides is 5. The minimum absolute atomic E-state index is 0.0492.